The summed E-state index contributed by atoms with van der Waals surface area (Å²) in [6.45, 7) is 7.86. The fourth-order valence-corrected chi connectivity index (χ4v) is 5.52. The molecule has 3 heterocycles. The number of aliphatic hydroxyl groups is 2. The molecule has 0 aromatic carbocycles. The quantitative estimate of drug-likeness (QED) is 0.173. The second-order valence-electron chi connectivity index (χ2n) is 9.53. The molecule has 0 unspecified atom stereocenters. The van der Waals surface area contributed by atoms with Gasteiger partial charge < -0.3 is 35.4 Å². The van der Waals surface area contributed by atoms with E-state index in [1.165, 1.54) is 11.1 Å². The Morgan fingerprint density at radius 2 is 0.973 bits per heavy atom. The smallest absolute Gasteiger partial charge is 0.352 e. The van der Waals surface area contributed by atoms with Gasteiger partial charge in [0.25, 0.3) is 0 Å². The van der Waals surface area contributed by atoms with E-state index in [0.29, 0.717) is 49.7 Å². The minimum Gasteiger partial charge on any atom is -0.477 e. The number of carboxylic acids is 2. The van der Waals surface area contributed by atoms with E-state index in [4.69, 9.17) is 0 Å². The SMILES string of the molecule is CCc1c(Cc2[nH]c(C(=O)O)c(C)c2CCCO)[nH]c(Cc2[nH]c(C(=O)O)c(C)c2CCCO)c1CC. The van der Waals surface area contributed by atoms with Crippen LogP contribution in [0.2, 0.25) is 0 Å². The van der Waals surface area contributed by atoms with Crippen molar-refractivity contribution in [3.8, 4) is 0 Å². The zero-order valence-electron chi connectivity index (χ0n) is 22.2. The Morgan fingerprint density at radius 1 is 0.622 bits per heavy atom. The number of carbonyl (C=O) groups is 2. The van der Waals surface area contributed by atoms with Crippen LogP contribution in [-0.2, 0) is 38.5 Å². The fraction of sp³-hybridized carbons (Fsp3) is 0.500. The molecule has 3 aromatic rings. The molecule has 9 heteroatoms. The molecule has 9 nitrogen and oxygen atoms in total. The number of carboxylic acid groups (broad SMARTS) is 2. The van der Waals surface area contributed by atoms with Crippen LogP contribution in [0.4, 0.5) is 0 Å². The minimum absolute atomic E-state index is 0.0335. The van der Waals surface area contributed by atoms with Gasteiger partial charge in [-0.1, -0.05) is 13.8 Å². The van der Waals surface area contributed by atoms with Crippen molar-refractivity contribution >= 4 is 11.9 Å². The van der Waals surface area contributed by atoms with E-state index >= 15 is 0 Å². The van der Waals surface area contributed by atoms with Crippen LogP contribution in [-0.4, -0.2) is 60.5 Å². The number of aromatic nitrogens is 3. The summed E-state index contributed by atoms with van der Waals surface area (Å²) in [5.41, 5.74) is 9.69. The average Bonchev–Trinajstić information content (AvgIpc) is 3.47. The molecule has 0 atom stereocenters. The molecule has 0 aliphatic carbocycles. The summed E-state index contributed by atoms with van der Waals surface area (Å²) in [4.78, 5) is 33.4. The lowest BCUT2D eigenvalue weighted by molar-refractivity contribution is 0.0679. The highest BCUT2D eigenvalue weighted by molar-refractivity contribution is 5.88. The zero-order valence-corrected chi connectivity index (χ0v) is 22.2. The maximum absolute atomic E-state index is 11.8. The first kappa shape index (κ1) is 28.3. The molecule has 0 spiro atoms. The molecule has 0 saturated carbocycles. The van der Waals surface area contributed by atoms with Crippen LogP contribution in [0.3, 0.4) is 0 Å². The second-order valence-corrected chi connectivity index (χ2v) is 9.53. The van der Waals surface area contributed by atoms with Gasteiger partial charge in [-0.15, -0.1) is 0 Å². The van der Waals surface area contributed by atoms with Crippen molar-refractivity contribution < 1.29 is 30.0 Å². The van der Waals surface area contributed by atoms with Crippen LogP contribution in [0.5, 0.6) is 0 Å². The topological polar surface area (TPSA) is 162 Å². The van der Waals surface area contributed by atoms with E-state index in [9.17, 15) is 30.0 Å². The summed E-state index contributed by atoms with van der Waals surface area (Å²) >= 11 is 0. The van der Waals surface area contributed by atoms with E-state index < -0.39 is 11.9 Å². The first-order valence-electron chi connectivity index (χ1n) is 13.0. The highest BCUT2D eigenvalue weighted by Crippen LogP contribution is 2.30. The lowest BCUT2D eigenvalue weighted by Crippen LogP contribution is -2.00. The average molecular weight is 514 g/mol. The summed E-state index contributed by atoms with van der Waals surface area (Å²) in [7, 11) is 0. The van der Waals surface area contributed by atoms with Gasteiger partial charge in [0.2, 0.25) is 0 Å². The molecule has 0 saturated heterocycles. The van der Waals surface area contributed by atoms with Crippen molar-refractivity contribution in [1.82, 2.24) is 15.0 Å². The molecule has 0 radical (unpaired) electrons. The number of rotatable bonds is 14. The molecule has 0 aliphatic heterocycles. The standard InChI is InChI=1S/C28H39N3O6/c1-5-17-18(6-2)22(14-24-20(10-8-12-33)16(4)26(31-24)28(36)37)29-21(17)13-23-19(9-7-11-32)15(3)25(30-23)27(34)35/h29-33H,5-14H2,1-4H3,(H,34,35)(H,36,37). The number of hydrogen-bond acceptors (Lipinski definition) is 4. The Labute approximate surface area is 217 Å². The van der Waals surface area contributed by atoms with E-state index in [1.54, 1.807) is 13.8 Å². The van der Waals surface area contributed by atoms with Crippen molar-refractivity contribution in [1.29, 1.82) is 0 Å². The summed E-state index contributed by atoms with van der Waals surface area (Å²) in [5, 5.41) is 38.0. The van der Waals surface area contributed by atoms with E-state index in [0.717, 1.165) is 46.7 Å². The van der Waals surface area contributed by atoms with Crippen molar-refractivity contribution in [2.24, 2.45) is 0 Å². The van der Waals surface area contributed by atoms with Gasteiger partial charge in [-0.3, -0.25) is 0 Å². The number of H-pyrrole nitrogens is 3. The molecule has 0 amide bonds. The van der Waals surface area contributed by atoms with E-state index in [2.05, 4.69) is 28.8 Å². The lowest BCUT2D eigenvalue weighted by Gasteiger charge is -2.07. The molecule has 3 rings (SSSR count). The number of aromatic carboxylic acids is 2. The van der Waals surface area contributed by atoms with E-state index in [-0.39, 0.29) is 24.6 Å². The van der Waals surface area contributed by atoms with Crippen LogP contribution in [0.1, 0.15) is 104 Å². The number of hydrogen-bond donors (Lipinski definition) is 7. The van der Waals surface area contributed by atoms with Crippen LogP contribution < -0.4 is 0 Å². The van der Waals surface area contributed by atoms with Crippen LogP contribution >= 0.6 is 0 Å². The van der Waals surface area contributed by atoms with Gasteiger partial charge in [-0.05, 0) is 85.8 Å². The van der Waals surface area contributed by atoms with Crippen molar-refractivity contribution in [2.75, 3.05) is 13.2 Å². The summed E-state index contributed by atoms with van der Waals surface area (Å²) < 4.78 is 0. The van der Waals surface area contributed by atoms with Gasteiger partial charge in [0.1, 0.15) is 11.4 Å². The zero-order chi connectivity index (χ0) is 27.3. The highest BCUT2D eigenvalue weighted by Gasteiger charge is 2.24. The largest absolute Gasteiger partial charge is 0.477 e. The first-order chi connectivity index (χ1) is 17.7. The summed E-state index contributed by atoms with van der Waals surface area (Å²) in [6, 6.07) is 0. The molecule has 0 fully saturated rings. The van der Waals surface area contributed by atoms with Gasteiger partial charge in [0.05, 0.1) is 0 Å². The highest BCUT2D eigenvalue weighted by atomic mass is 16.4. The maximum Gasteiger partial charge on any atom is 0.352 e. The molecule has 37 heavy (non-hydrogen) atoms. The number of aliphatic hydroxyl groups excluding tert-OH is 2. The Balaban J connectivity index is 2.05. The van der Waals surface area contributed by atoms with Crippen molar-refractivity contribution in [2.45, 2.75) is 79.1 Å². The van der Waals surface area contributed by atoms with Crippen LogP contribution in [0, 0.1) is 13.8 Å². The van der Waals surface area contributed by atoms with Gasteiger partial charge in [0, 0.05) is 48.8 Å². The third-order valence-electron chi connectivity index (χ3n) is 7.34. The predicted octanol–water partition coefficient (Wildman–Crippen LogP) is 3.84. The first-order valence-corrected chi connectivity index (χ1v) is 13.0. The summed E-state index contributed by atoms with van der Waals surface area (Å²) in [5.74, 6) is -2.00. The van der Waals surface area contributed by atoms with E-state index in [1.807, 2.05) is 0 Å². The predicted molar refractivity (Wildman–Crippen MR) is 141 cm³/mol. The van der Waals surface area contributed by atoms with Crippen LogP contribution in [0.25, 0.3) is 0 Å². The summed E-state index contributed by atoms with van der Waals surface area (Å²) in [6.07, 6.45) is 4.89. The fourth-order valence-electron chi connectivity index (χ4n) is 5.52. The molecule has 0 bridgehead atoms. The second kappa shape index (κ2) is 12.3. The van der Waals surface area contributed by atoms with Gasteiger partial charge in [-0.2, -0.15) is 0 Å². The molecular formula is C28H39N3O6. The van der Waals surface area contributed by atoms with Crippen molar-refractivity contribution in [3.05, 3.63) is 67.5 Å². The Bertz CT molecular complexity index is 1170. The van der Waals surface area contributed by atoms with Gasteiger partial charge in [-0.25, -0.2) is 9.59 Å². The van der Waals surface area contributed by atoms with Crippen molar-refractivity contribution in [3.63, 3.8) is 0 Å². The maximum atomic E-state index is 11.8. The third-order valence-corrected chi connectivity index (χ3v) is 7.34. The minimum atomic E-state index is -1.00. The third kappa shape index (κ3) is 5.83. The van der Waals surface area contributed by atoms with Crippen LogP contribution in [0.15, 0.2) is 0 Å². The Morgan fingerprint density at radius 3 is 1.27 bits per heavy atom. The molecule has 202 valence electrons. The normalized spacial score (nSPS) is 11.4. The van der Waals surface area contributed by atoms with Gasteiger partial charge >= 0.3 is 11.9 Å². The molecular weight excluding hydrogens is 474 g/mol. The van der Waals surface area contributed by atoms with Gasteiger partial charge in [0.15, 0.2) is 0 Å². The monoisotopic (exact) mass is 513 g/mol. The number of aromatic amines is 3. The molecule has 3 aromatic heterocycles. The number of nitrogens with one attached hydrogen (secondary N) is 3. The Kier molecular flexibility index (Phi) is 9.39. The molecule has 7 N–H and O–H groups in total. The Hall–Kier alpha value is -3.30. The lowest BCUT2D eigenvalue weighted by atomic mass is 9.97. The molecule has 0 aliphatic rings.